The smallest absolute Gasteiger partial charge is 0.201 e. The molecule has 0 spiro atoms. The third kappa shape index (κ3) is 6.81. The van der Waals surface area contributed by atoms with E-state index in [4.69, 9.17) is 4.74 Å². The van der Waals surface area contributed by atoms with Crippen LogP contribution >= 0.6 is 0 Å². The topological polar surface area (TPSA) is 145 Å². The average Bonchev–Trinajstić information content (AvgIpc) is 3.04. The van der Waals surface area contributed by atoms with E-state index in [9.17, 15) is 35.1 Å². The number of carbonyl (C=O) groups excluding carboxylic acids is 2. The number of phenolic OH excluding ortho intramolecular Hbond substituents is 5. The molecule has 0 heterocycles. The largest absolute Gasteiger partial charge is 0.508 e. The Morgan fingerprint density at radius 2 is 1.09 bits per heavy atom. The average molecular weight is 715 g/mol. The molecule has 0 aromatic heterocycles. The number of hydrogen-bond acceptors (Lipinski definition) is 8. The van der Waals surface area contributed by atoms with Crippen LogP contribution in [0.1, 0.15) is 130 Å². The van der Waals surface area contributed by atoms with E-state index in [1.807, 2.05) is 46.8 Å². The summed E-state index contributed by atoms with van der Waals surface area (Å²) in [4.78, 5) is 28.6. The molecule has 2 unspecified atom stereocenters. The van der Waals surface area contributed by atoms with Crippen molar-refractivity contribution in [2.75, 3.05) is 6.61 Å². The summed E-state index contributed by atoms with van der Waals surface area (Å²) < 4.78 is 6.02. The van der Waals surface area contributed by atoms with Gasteiger partial charge in [0, 0.05) is 23.5 Å². The highest BCUT2D eigenvalue weighted by atomic mass is 16.5. The fourth-order valence-corrected chi connectivity index (χ4v) is 7.75. The molecule has 2 atom stereocenters. The molecular weight excluding hydrogens is 668 g/mol. The Kier molecular flexibility index (Phi) is 10.0. The molecule has 8 nitrogen and oxygen atoms in total. The summed E-state index contributed by atoms with van der Waals surface area (Å²) in [7, 11) is 0. The van der Waals surface area contributed by atoms with Gasteiger partial charge >= 0.3 is 0 Å². The number of fused-ring (bicyclic) bond motifs is 4. The van der Waals surface area contributed by atoms with Crippen LogP contribution in [0.25, 0.3) is 0 Å². The van der Waals surface area contributed by atoms with E-state index in [2.05, 4.69) is 6.08 Å². The van der Waals surface area contributed by atoms with E-state index >= 15 is 0 Å². The number of hydrogen-bond donors (Lipinski definition) is 5. The van der Waals surface area contributed by atoms with Gasteiger partial charge in [0.1, 0.15) is 41.1 Å². The standard InChI is InChI=1S/C45H46O8/c1-22(2)9-8-10-24(5)11-12-28-33(46)21-32-38(30-16-26(7)18-35(48)40(30)45(52)42(32)43(28)50)37-29-15-25(6)17-34(47)39(29)44(51)41-31(37)19-27(20-36(41)49)53-14-13-23(3)4/h9,11,13,15-21,37-38,46-50H,8,10,12,14H2,1-7H3/b24-11+. The van der Waals surface area contributed by atoms with Crippen molar-refractivity contribution in [1.82, 2.24) is 0 Å². The number of aryl methyl sites for hydroxylation is 2. The van der Waals surface area contributed by atoms with Crippen molar-refractivity contribution in [3.63, 3.8) is 0 Å². The lowest BCUT2D eigenvalue weighted by molar-refractivity contribution is 0.101. The SMILES string of the molecule is CC(C)=CCC/C(C)=C/Cc1c(O)cc2c(c1O)C(=O)c1c(O)cc(C)cc1C2C1c2cc(C)cc(O)c2C(=O)c2c(O)cc(OCC=C(C)C)cc21. The highest BCUT2D eigenvalue weighted by molar-refractivity contribution is 6.18. The molecule has 2 aliphatic rings. The third-order valence-corrected chi connectivity index (χ3v) is 10.2. The quantitative estimate of drug-likeness (QED) is 0.108. The highest BCUT2D eigenvalue weighted by Crippen LogP contribution is 2.57. The van der Waals surface area contributed by atoms with Gasteiger partial charge in [-0.1, -0.05) is 41.0 Å². The Morgan fingerprint density at radius 1 is 0.604 bits per heavy atom. The van der Waals surface area contributed by atoms with Crippen molar-refractivity contribution >= 4 is 11.6 Å². The maximum Gasteiger partial charge on any atom is 0.201 e. The lowest BCUT2D eigenvalue weighted by atomic mass is 9.63. The van der Waals surface area contributed by atoms with E-state index < -0.39 is 29.2 Å². The minimum atomic E-state index is -0.894. The minimum Gasteiger partial charge on any atom is -0.508 e. The first kappa shape index (κ1) is 37.0. The zero-order chi connectivity index (χ0) is 38.5. The van der Waals surface area contributed by atoms with Crippen LogP contribution in [0.15, 0.2) is 77.4 Å². The molecule has 0 amide bonds. The molecule has 2 aliphatic carbocycles. The summed E-state index contributed by atoms with van der Waals surface area (Å²) in [6.07, 6.45) is 7.74. The molecule has 0 saturated heterocycles. The fraction of sp³-hybridized carbons (Fsp3) is 0.289. The van der Waals surface area contributed by atoms with Crippen molar-refractivity contribution in [2.45, 2.75) is 79.6 Å². The summed E-state index contributed by atoms with van der Waals surface area (Å²) >= 11 is 0. The van der Waals surface area contributed by atoms with Crippen LogP contribution in [0.4, 0.5) is 0 Å². The van der Waals surface area contributed by atoms with Gasteiger partial charge in [0.2, 0.25) is 11.6 Å². The highest BCUT2D eigenvalue weighted by Gasteiger charge is 2.46. The second-order valence-electron chi connectivity index (χ2n) is 14.9. The number of carbonyl (C=O) groups is 2. The van der Waals surface area contributed by atoms with Crippen LogP contribution in [0, 0.1) is 13.8 Å². The van der Waals surface area contributed by atoms with Crippen LogP contribution < -0.4 is 4.74 Å². The lowest BCUT2D eigenvalue weighted by Gasteiger charge is -2.39. The van der Waals surface area contributed by atoms with Gasteiger partial charge in [-0.05, 0) is 131 Å². The second kappa shape index (κ2) is 14.3. The maximum absolute atomic E-state index is 14.4. The molecule has 274 valence electrons. The monoisotopic (exact) mass is 714 g/mol. The number of allylic oxidation sites excluding steroid dienone is 5. The zero-order valence-electron chi connectivity index (χ0n) is 31.2. The first-order valence-electron chi connectivity index (χ1n) is 17.8. The molecule has 8 heteroatoms. The summed E-state index contributed by atoms with van der Waals surface area (Å²) in [5, 5.41) is 57.6. The Hall–Kier alpha value is -5.76. The van der Waals surface area contributed by atoms with Gasteiger partial charge in [-0.2, -0.15) is 0 Å². The number of aromatic hydroxyl groups is 5. The van der Waals surface area contributed by atoms with Crippen LogP contribution in [-0.2, 0) is 6.42 Å². The minimum absolute atomic E-state index is 0.00253. The van der Waals surface area contributed by atoms with Crippen LogP contribution in [0.5, 0.6) is 34.5 Å². The predicted molar refractivity (Wildman–Crippen MR) is 205 cm³/mol. The van der Waals surface area contributed by atoms with Gasteiger partial charge in [0.15, 0.2) is 0 Å². The van der Waals surface area contributed by atoms with Gasteiger partial charge in [-0.3, -0.25) is 9.59 Å². The summed E-state index contributed by atoms with van der Waals surface area (Å²) in [5.74, 6) is -4.14. The molecule has 53 heavy (non-hydrogen) atoms. The molecule has 0 fully saturated rings. The van der Waals surface area contributed by atoms with E-state index in [0.717, 1.165) is 24.0 Å². The van der Waals surface area contributed by atoms with Gasteiger partial charge < -0.3 is 30.3 Å². The maximum atomic E-state index is 14.4. The van der Waals surface area contributed by atoms with Gasteiger partial charge in [0.05, 0.1) is 22.3 Å². The Bertz CT molecular complexity index is 2280. The first-order chi connectivity index (χ1) is 25.1. The first-order valence-corrected chi connectivity index (χ1v) is 17.8. The summed E-state index contributed by atoms with van der Waals surface area (Å²) in [6, 6.07) is 11.1. The van der Waals surface area contributed by atoms with Crippen molar-refractivity contribution < 1.29 is 39.9 Å². The normalized spacial score (nSPS) is 15.9. The fourth-order valence-electron chi connectivity index (χ4n) is 7.75. The molecule has 4 aromatic rings. The summed E-state index contributed by atoms with van der Waals surface area (Å²) in [5.41, 5.74) is 6.17. The van der Waals surface area contributed by atoms with Crippen molar-refractivity contribution in [2.24, 2.45) is 0 Å². The van der Waals surface area contributed by atoms with Crippen LogP contribution in [-0.4, -0.2) is 43.7 Å². The second-order valence-corrected chi connectivity index (χ2v) is 14.9. The van der Waals surface area contributed by atoms with E-state index in [-0.39, 0.29) is 69.4 Å². The molecule has 0 aliphatic heterocycles. The zero-order valence-corrected chi connectivity index (χ0v) is 31.2. The number of benzene rings is 4. The van der Waals surface area contributed by atoms with Gasteiger partial charge in [0.25, 0.3) is 0 Å². The van der Waals surface area contributed by atoms with E-state index in [0.29, 0.717) is 33.6 Å². The number of ether oxygens (including phenoxy) is 1. The van der Waals surface area contributed by atoms with Crippen molar-refractivity contribution in [1.29, 1.82) is 0 Å². The van der Waals surface area contributed by atoms with Crippen molar-refractivity contribution in [3.05, 3.63) is 139 Å². The van der Waals surface area contributed by atoms with E-state index in [1.165, 1.54) is 29.8 Å². The van der Waals surface area contributed by atoms with Crippen LogP contribution in [0.2, 0.25) is 0 Å². The molecule has 0 saturated carbocycles. The van der Waals surface area contributed by atoms with Gasteiger partial charge in [-0.15, -0.1) is 0 Å². The number of phenols is 5. The van der Waals surface area contributed by atoms with Gasteiger partial charge in [-0.25, -0.2) is 0 Å². The van der Waals surface area contributed by atoms with Crippen molar-refractivity contribution in [3.8, 4) is 34.5 Å². The van der Waals surface area contributed by atoms with Crippen LogP contribution in [0.3, 0.4) is 0 Å². The molecule has 0 radical (unpaired) electrons. The Morgan fingerprint density at radius 3 is 1.64 bits per heavy atom. The molecule has 4 aromatic carbocycles. The molecule has 5 N–H and O–H groups in total. The summed E-state index contributed by atoms with van der Waals surface area (Å²) in [6.45, 7) is 13.7. The number of ketones is 2. The predicted octanol–water partition coefficient (Wildman–Crippen LogP) is 9.46. The molecular formula is C45H46O8. The third-order valence-electron chi connectivity index (χ3n) is 10.2. The van der Waals surface area contributed by atoms with E-state index in [1.54, 1.807) is 32.0 Å². The molecule has 0 bridgehead atoms. The Balaban J connectivity index is 1.63. The lowest BCUT2D eigenvalue weighted by Crippen LogP contribution is -2.30. The number of rotatable bonds is 9. The Labute approximate surface area is 310 Å². The molecule has 6 rings (SSSR count).